The Morgan fingerprint density at radius 1 is 1.43 bits per heavy atom. The molecule has 0 heterocycles. The highest BCUT2D eigenvalue weighted by molar-refractivity contribution is 6.41. The van der Waals surface area contributed by atoms with Gasteiger partial charge in [0.05, 0.1) is 10.9 Å². The molecule has 0 aliphatic heterocycles. The summed E-state index contributed by atoms with van der Waals surface area (Å²) < 4.78 is 11.5. The second-order valence-electron chi connectivity index (χ2n) is 0.799. The van der Waals surface area contributed by atoms with E-state index < -0.39 is 5.29 Å². The fraction of sp³-hybridized carbons (Fsp3) is 0.333. The van der Waals surface area contributed by atoms with Crippen molar-refractivity contribution in [3.63, 3.8) is 0 Å². The molecule has 0 aliphatic carbocycles. The Morgan fingerprint density at radius 3 is 1.86 bits per heavy atom. The Balaban J connectivity index is 3.72. The Kier molecular flexibility index (Phi) is 3.80. The maximum absolute atomic E-state index is 11.5. The van der Waals surface area contributed by atoms with Crippen LogP contribution in [0.4, 0.5) is 4.39 Å². The molecule has 7 heavy (non-hydrogen) atoms. The molecule has 0 atom stereocenters. The van der Waals surface area contributed by atoms with Gasteiger partial charge in [-0.05, 0) is 11.6 Å². The molecule has 0 saturated heterocycles. The molecule has 0 saturated carbocycles. The highest BCUT2D eigenvalue weighted by atomic mass is 35.5. The number of alkyl halides is 1. The standard InChI is InChI=1S/C3H2Cl3F/c4-1-2(5)3(6)7/h1H2. The molecule has 0 aromatic heterocycles. The van der Waals surface area contributed by atoms with Gasteiger partial charge in [-0.3, -0.25) is 0 Å². The minimum atomic E-state index is -0.934. The fourth-order valence-electron chi connectivity index (χ4n) is 0.0505. The minimum Gasteiger partial charge on any atom is -0.192 e. The van der Waals surface area contributed by atoms with Crippen molar-refractivity contribution in [3.05, 3.63) is 10.3 Å². The van der Waals surface area contributed by atoms with E-state index >= 15 is 0 Å². The maximum atomic E-state index is 11.5. The molecule has 0 N–H and O–H groups in total. The van der Waals surface area contributed by atoms with Crippen molar-refractivity contribution in [1.82, 2.24) is 0 Å². The van der Waals surface area contributed by atoms with Crippen LogP contribution in [0.15, 0.2) is 10.3 Å². The minimum absolute atomic E-state index is 0.0725. The summed E-state index contributed by atoms with van der Waals surface area (Å²) in [6.07, 6.45) is 0. The molecule has 0 nitrogen and oxygen atoms in total. The summed E-state index contributed by atoms with van der Waals surface area (Å²) in [5, 5.41) is -1.08. The topological polar surface area (TPSA) is 0 Å². The van der Waals surface area contributed by atoms with Gasteiger partial charge in [-0.1, -0.05) is 11.6 Å². The summed E-state index contributed by atoms with van der Waals surface area (Å²) in [6.45, 7) is 0. The monoisotopic (exact) mass is 162 g/mol. The number of allylic oxidation sites excluding steroid dienone is 1. The van der Waals surface area contributed by atoms with Crippen LogP contribution in [-0.4, -0.2) is 5.88 Å². The zero-order valence-electron chi connectivity index (χ0n) is 3.22. The van der Waals surface area contributed by atoms with Crippen LogP contribution >= 0.6 is 34.8 Å². The van der Waals surface area contributed by atoms with Crippen LogP contribution in [0.25, 0.3) is 0 Å². The zero-order valence-corrected chi connectivity index (χ0v) is 5.49. The van der Waals surface area contributed by atoms with Gasteiger partial charge in [0.1, 0.15) is 0 Å². The Hall–Kier alpha value is 0.540. The molecule has 0 bridgehead atoms. The van der Waals surface area contributed by atoms with Crippen molar-refractivity contribution >= 4 is 34.8 Å². The maximum Gasteiger partial charge on any atom is 0.204 e. The van der Waals surface area contributed by atoms with Gasteiger partial charge in [-0.15, -0.1) is 11.6 Å². The van der Waals surface area contributed by atoms with E-state index in [-0.39, 0.29) is 10.9 Å². The lowest BCUT2D eigenvalue weighted by Gasteiger charge is -1.83. The lowest BCUT2D eigenvalue weighted by Crippen LogP contribution is -1.70. The van der Waals surface area contributed by atoms with E-state index in [0.29, 0.717) is 0 Å². The highest BCUT2D eigenvalue weighted by Gasteiger charge is 1.95. The van der Waals surface area contributed by atoms with Gasteiger partial charge in [0.25, 0.3) is 0 Å². The summed E-state index contributed by atoms with van der Waals surface area (Å²) in [5.41, 5.74) is 0. The molecule has 0 aromatic rings. The first-order valence-corrected chi connectivity index (χ1v) is 2.73. The van der Waals surface area contributed by atoms with E-state index in [2.05, 4.69) is 0 Å². The molecule has 0 rings (SSSR count). The molecule has 4 heteroatoms. The van der Waals surface area contributed by atoms with E-state index in [1.807, 2.05) is 0 Å². The van der Waals surface area contributed by atoms with Crippen molar-refractivity contribution < 1.29 is 4.39 Å². The highest BCUT2D eigenvalue weighted by Crippen LogP contribution is 2.15. The summed E-state index contributed by atoms with van der Waals surface area (Å²) in [6, 6.07) is 0. The fourth-order valence-corrected chi connectivity index (χ4v) is 0.303. The van der Waals surface area contributed by atoms with Crippen LogP contribution < -0.4 is 0 Å². The molecule has 0 aliphatic rings. The molecular formula is C3H2Cl3F. The van der Waals surface area contributed by atoms with E-state index in [0.717, 1.165) is 0 Å². The quantitative estimate of drug-likeness (QED) is 0.522. The predicted octanol–water partition coefficient (Wildman–Crippen LogP) is 2.84. The number of hydrogen-bond donors (Lipinski definition) is 0. The van der Waals surface area contributed by atoms with Gasteiger partial charge >= 0.3 is 0 Å². The summed E-state index contributed by atoms with van der Waals surface area (Å²) in [5.74, 6) is -0.0725. The van der Waals surface area contributed by atoms with Crippen LogP contribution in [0.3, 0.4) is 0 Å². The summed E-state index contributed by atoms with van der Waals surface area (Å²) in [4.78, 5) is 0. The van der Waals surface area contributed by atoms with Gasteiger partial charge in [0, 0.05) is 0 Å². The van der Waals surface area contributed by atoms with E-state index in [1.54, 1.807) is 0 Å². The van der Waals surface area contributed by atoms with Gasteiger partial charge in [0.2, 0.25) is 5.29 Å². The van der Waals surface area contributed by atoms with Crippen LogP contribution in [0.1, 0.15) is 0 Å². The molecule has 0 unspecified atom stereocenters. The van der Waals surface area contributed by atoms with Crippen LogP contribution in [0.2, 0.25) is 0 Å². The number of hydrogen-bond acceptors (Lipinski definition) is 0. The summed E-state index contributed by atoms with van der Waals surface area (Å²) >= 11 is 14.8. The zero-order chi connectivity index (χ0) is 5.86. The SMILES string of the molecule is FC(Cl)=C(Cl)CCl. The normalized spacial score (nSPS) is 13.7. The van der Waals surface area contributed by atoms with Gasteiger partial charge in [-0.25, -0.2) is 0 Å². The first-order chi connectivity index (χ1) is 3.18. The van der Waals surface area contributed by atoms with E-state index in [1.165, 1.54) is 0 Å². The van der Waals surface area contributed by atoms with E-state index in [4.69, 9.17) is 34.8 Å². The van der Waals surface area contributed by atoms with Gasteiger partial charge < -0.3 is 0 Å². The molecule has 0 fully saturated rings. The van der Waals surface area contributed by atoms with Crippen molar-refractivity contribution in [2.75, 3.05) is 5.88 Å². The van der Waals surface area contributed by atoms with Gasteiger partial charge in [-0.2, -0.15) is 4.39 Å². The lowest BCUT2D eigenvalue weighted by atomic mass is 10.7. The molecule has 0 amide bonds. The number of rotatable bonds is 1. The molecule has 0 radical (unpaired) electrons. The lowest BCUT2D eigenvalue weighted by molar-refractivity contribution is 0.690. The Bertz CT molecular complexity index is 84.2. The average molecular weight is 163 g/mol. The van der Waals surface area contributed by atoms with Crippen molar-refractivity contribution in [2.24, 2.45) is 0 Å². The molecule has 0 aromatic carbocycles. The smallest absolute Gasteiger partial charge is 0.192 e. The second-order valence-corrected chi connectivity index (χ2v) is 1.85. The third-order valence-electron chi connectivity index (χ3n) is 0.322. The molecule has 42 valence electrons. The average Bonchev–Trinajstić information content (AvgIpc) is 1.65. The van der Waals surface area contributed by atoms with Crippen molar-refractivity contribution in [2.45, 2.75) is 0 Å². The Labute approximate surface area is 55.9 Å². The van der Waals surface area contributed by atoms with E-state index in [9.17, 15) is 4.39 Å². The van der Waals surface area contributed by atoms with Crippen molar-refractivity contribution in [3.8, 4) is 0 Å². The first kappa shape index (κ1) is 7.54. The third-order valence-corrected chi connectivity index (χ3v) is 1.35. The van der Waals surface area contributed by atoms with Crippen molar-refractivity contribution in [1.29, 1.82) is 0 Å². The second kappa shape index (κ2) is 3.53. The molecular weight excluding hydrogens is 161 g/mol. The largest absolute Gasteiger partial charge is 0.204 e. The van der Waals surface area contributed by atoms with Crippen LogP contribution in [0, 0.1) is 0 Å². The molecule has 0 spiro atoms. The van der Waals surface area contributed by atoms with Crippen LogP contribution in [-0.2, 0) is 0 Å². The van der Waals surface area contributed by atoms with Gasteiger partial charge in [0.15, 0.2) is 0 Å². The number of halogens is 4. The first-order valence-electron chi connectivity index (χ1n) is 1.44. The summed E-state index contributed by atoms with van der Waals surface area (Å²) in [7, 11) is 0. The predicted molar refractivity (Wildman–Crippen MR) is 30.6 cm³/mol. The third kappa shape index (κ3) is 3.15. The van der Waals surface area contributed by atoms with Crippen LogP contribution in [0.5, 0.6) is 0 Å². The Morgan fingerprint density at radius 2 is 1.86 bits per heavy atom.